The van der Waals surface area contributed by atoms with E-state index in [1.807, 2.05) is 50.2 Å². The predicted molar refractivity (Wildman–Crippen MR) is 137 cm³/mol. The number of carboxylic acids is 1. The summed E-state index contributed by atoms with van der Waals surface area (Å²) in [5.74, 6) is 1.05. The Morgan fingerprint density at radius 2 is 1.70 bits per heavy atom. The summed E-state index contributed by atoms with van der Waals surface area (Å²) in [5, 5.41) is 9.37. The Hall–Kier alpha value is -4.59. The van der Waals surface area contributed by atoms with Crippen molar-refractivity contribution >= 4 is 12.1 Å². The molecule has 1 atom stereocenters. The van der Waals surface area contributed by atoms with Gasteiger partial charge >= 0.3 is 12.1 Å². The van der Waals surface area contributed by atoms with E-state index in [1.165, 1.54) is 4.90 Å². The Labute approximate surface area is 215 Å². The zero-order valence-corrected chi connectivity index (χ0v) is 20.9. The maximum absolute atomic E-state index is 12.8. The minimum atomic E-state index is -1.13. The minimum absolute atomic E-state index is 0.227. The molecule has 0 aliphatic heterocycles. The number of carboxylic acid groups (broad SMARTS) is 1. The molecular formula is C29H28N2O6. The molecule has 1 heterocycles. The highest BCUT2D eigenvalue weighted by Gasteiger charge is 2.26. The highest BCUT2D eigenvalue weighted by atomic mass is 16.6. The number of hydrogen-bond donors (Lipinski definition) is 1. The third-order valence-electron chi connectivity index (χ3n) is 5.85. The number of aromatic nitrogens is 1. The van der Waals surface area contributed by atoms with Gasteiger partial charge in [0, 0.05) is 5.56 Å². The molecule has 1 N–H and O–H groups in total. The summed E-state index contributed by atoms with van der Waals surface area (Å²) in [6.45, 7) is 5.20. The predicted octanol–water partition coefficient (Wildman–Crippen LogP) is 6.18. The monoisotopic (exact) mass is 500 g/mol. The van der Waals surface area contributed by atoms with Crippen LogP contribution in [-0.2, 0) is 11.4 Å². The van der Waals surface area contributed by atoms with Gasteiger partial charge in [0.2, 0.25) is 5.89 Å². The van der Waals surface area contributed by atoms with Gasteiger partial charge in [-0.15, -0.1) is 0 Å². The maximum Gasteiger partial charge on any atom is 0.416 e. The molecular weight excluding hydrogens is 472 g/mol. The van der Waals surface area contributed by atoms with Gasteiger partial charge in [0.15, 0.2) is 0 Å². The van der Waals surface area contributed by atoms with E-state index in [0.29, 0.717) is 28.8 Å². The second-order valence-electron chi connectivity index (χ2n) is 8.63. The van der Waals surface area contributed by atoms with Crippen LogP contribution in [0.3, 0.4) is 0 Å². The lowest BCUT2D eigenvalue weighted by atomic mass is 10.1. The second kappa shape index (κ2) is 11.4. The normalized spacial score (nSPS) is 11.5. The van der Waals surface area contributed by atoms with Crippen LogP contribution in [0.4, 0.5) is 4.79 Å². The molecule has 1 amide bonds. The first-order valence-corrected chi connectivity index (χ1v) is 11.8. The number of benzene rings is 3. The fourth-order valence-corrected chi connectivity index (χ4v) is 3.78. The molecule has 8 nitrogen and oxygen atoms in total. The lowest BCUT2D eigenvalue weighted by Crippen LogP contribution is -2.39. The second-order valence-corrected chi connectivity index (χ2v) is 8.63. The van der Waals surface area contributed by atoms with Gasteiger partial charge in [0.25, 0.3) is 0 Å². The summed E-state index contributed by atoms with van der Waals surface area (Å²) < 4.78 is 17.1. The molecule has 0 aliphatic rings. The number of carbonyl (C=O) groups excluding carboxylic acids is 1. The molecule has 0 spiro atoms. The molecule has 0 saturated heterocycles. The number of rotatable bonds is 9. The van der Waals surface area contributed by atoms with Gasteiger partial charge in [0.05, 0.1) is 6.04 Å². The smallest absolute Gasteiger partial charge is 0.416 e. The van der Waals surface area contributed by atoms with E-state index in [2.05, 4.69) is 4.98 Å². The zero-order chi connectivity index (χ0) is 26.4. The first-order chi connectivity index (χ1) is 17.8. The summed E-state index contributed by atoms with van der Waals surface area (Å²) in [6.07, 6.45) is -0.739. The molecule has 8 heteroatoms. The fraction of sp³-hybridized carbons (Fsp3) is 0.207. The van der Waals surface area contributed by atoms with Crippen LogP contribution in [0, 0.1) is 13.8 Å². The van der Waals surface area contributed by atoms with Crippen molar-refractivity contribution in [2.75, 3.05) is 6.54 Å². The van der Waals surface area contributed by atoms with E-state index in [0.717, 1.165) is 16.7 Å². The largest absolute Gasteiger partial charge is 0.487 e. The van der Waals surface area contributed by atoms with Crippen LogP contribution in [0.15, 0.2) is 83.3 Å². The van der Waals surface area contributed by atoms with Crippen molar-refractivity contribution in [3.05, 3.63) is 101 Å². The Bertz CT molecular complexity index is 1360. The molecule has 4 rings (SSSR count). The van der Waals surface area contributed by atoms with Crippen molar-refractivity contribution in [3.8, 4) is 23.0 Å². The number of hydrogen-bond acceptors (Lipinski definition) is 6. The Balaban J connectivity index is 1.42. The van der Waals surface area contributed by atoms with Crippen molar-refractivity contribution in [1.82, 2.24) is 9.88 Å². The van der Waals surface area contributed by atoms with Crippen LogP contribution in [0.2, 0.25) is 0 Å². The van der Waals surface area contributed by atoms with Crippen molar-refractivity contribution in [2.45, 2.75) is 33.4 Å². The van der Waals surface area contributed by atoms with E-state index in [1.54, 1.807) is 49.4 Å². The lowest BCUT2D eigenvalue weighted by Gasteiger charge is -2.27. The number of aliphatic carboxylic acids is 1. The van der Waals surface area contributed by atoms with E-state index in [4.69, 9.17) is 13.9 Å². The van der Waals surface area contributed by atoms with Crippen LogP contribution < -0.4 is 9.47 Å². The Kier molecular flexibility index (Phi) is 7.88. The topological polar surface area (TPSA) is 102 Å². The van der Waals surface area contributed by atoms with Crippen LogP contribution in [0.25, 0.3) is 11.5 Å². The van der Waals surface area contributed by atoms with Crippen molar-refractivity contribution in [2.24, 2.45) is 0 Å². The average Bonchev–Trinajstić information content (AvgIpc) is 3.26. The third kappa shape index (κ3) is 6.55. The summed E-state index contributed by atoms with van der Waals surface area (Å²) in [4.78, 5) is 30.0. The van der Waals surface area contributed by atoms with Gasteiger partial charge in [-0.3, -0.25) is 9.69 Å². The molecule has 0 aliphatic carbocycles. The third-order valence-corrected chi connectivity index (χ3v) is 5.85. The van der Waals surface area contributed by atoms with E-state index in [9.17, 15) is 14.7 Å². The van der Waals surface area contributed by atoms with Crippen LogP contribution >= 0.6 is 0 Å². The van der Waals surface area contributed by atoms with Gasteiger partial charge in [-0.1, -0.05) is 42.5 Å². The summed E-state index contributed by atoms with van der Waals surface area (Å²) in [7, 11) is 0. The van der Waals surface area contributed by atoms with Gasteiger partial charge < -0.3 is 19.0 Å². The Morgan fingerprint density at radius 1 is 0.973 bits per heavy atom. The maximum atomic E-state index is 12.8. The van der Waals surface area contributed by atoms with Crippen molar-refractivity contribution < 1.29 is 28.6 Å². The Morgan fingerprint density at radius 3 is 2.38 bits per heavy atom. The summed E-state index contributed by atoms with van der Waals surface area (Å²) in [5.41, 5.74) is 3.25. The van der Waals surface area contributed by atoms with Crippen LogP contribution in [0.5, 0.6) is 11.5 Å². The minimum Gasteiger partial charge on any atom is -0.487 e. The van der Waals surface area contributed by atoms with Crippen molar-refractivity contribution in [3.63, 3.8) is 0 Å². The van der Waals surface area contributed by atoms with E-state index >= 15 is 0 Å². The van der Waals surface area contributed by atoms with Crippen molar-refractivity contribution in [1.29, 1.82) is 0 Å². The number of oxazole rings is 1. The van der Waals surface area contributed by atoms with E-state index < -0.39 is 24.6 Å². The SMILES string of the molecule is Cc1cccc(OC(=O)N(CC(=O)O)C(C)c2ccc(OCc3nc(-c4ccccc4)oc3C)cc2)c1. The number of aryl methyl sites for hydroxylation is 2. The van der Waals surface area contributed by atoms with Gasteiger partial charge in [0.1, 0.15) is 36.1 Å². The standard InChI is InChI=1S/C29H28N2O6/c1-19-8-7-11-25(16-19)37-29(34)31(17-27(32)33)20(2)22-12-14-24(15-13-22)35-18-26-21(3)36-28(30-26)23-9-5-4-6-10-23/h4-16,20H,17-18H2,1-3H3,(H,32,33). The van der Waals surface area contributed by atoms with Crippen LogP contribution in [0.1, 0.15) is 35.5 Å². The fourth-order valence-electron chi connectivity index (χ4n) is 3.78. The van der Waals surface area contributed by atoms with Gasteiger partial charge in [-0.2, -0.15) is 0 Å². The molecule has 37 heavy (non-hydrogen) atoms. The molecule has 0 bridgehead atoms. The number of carbonyl (C=O) groups is 2. The van der Waals surface area contributed by atoms with Gasteiger partial charge in [-0.05, 0) is 68.3 Å². The van der Waals surface area contributed by atoms with Gasteiger partial charge in [-0.25, -0.2) is 9.78 Å². The highest BCUT2D eigenvalue weighted by molar-refractivity contribution is 5.78. The number of amides is 1. The molecule has 0 radical (unpaired) electrons. The lowest BCUT2D eigenvalue weighted by molar-refractivity contribution is -0.138. The number of nitrogens with zero attached hydrogens (tertiary/aromatic N) is 2. The quantitative estimate of drug-likeness (QED) is 0.293. The van der Waals surface area contributed by atoms with Crippen LogP contribution in [-0.4, -0.2) is 33.6 Å². The summed E-state index contributed by atoms with van der Waals surface area (Å²) in [6, 6.07) is 23.2. The molecule has 4 aromatic rings. The molecule has 0 saturated carbocycles. The number of ether oxygens (including phenoxy) is 2. The zero-order valence-electron chi connectivity index (χ0n) is 20.9. The highest BCUT2D eigenvalue weighted by Crippen LogP contribution is 2.26. The molecule has 3 aromatic carbocycles. The molecule has 190 valence electrons. The summed E-state index contributed by atoms with van der Waals surface area (Å²) >= 11 is 0. The van der Waals surface area contributed by atoms with E-state index in [-0.39, 0.29) is 6.61 Å². The molecule has 0 fully saturated rings. The first-order valence-electron chi connectivity index (χ1n) is 11.8. The molecule has 1 unspecified atom stereocenters. The average molecular weight is 501 g/mol. The first kappa shape index (κ1) is 25.5. The molecule has 1 aromatic heterocycles.